The van der Waals surface area contributed by atoms with Crippen molar-refractivity contribution >= 4 is 11.5 Å². The van der Waals surface area contributed by atoms with Gasteiger partial charge in [0.2, 0.25) is 0 Å². The van der Waals surface area contributed by atoms with Gasteiger partial charge < -0.3 is 9.64 Å². The van der Waals surface area contributed by atoms with Crippen molar-refractivity contribution in [1.82, 2.24) is 14.9 Å². The fourth-order valence-electron chi connectivity index (χ4n) is 3.89. The molecule has 1 aromatic heterocycles. The van der Waals surface area contributed by atoms with Crippen molar-refractivity contribution in [1.29, 1.82) is 0 Å². The van der Waals surface area contributed by atoms with Gasteiger partial charge in [-0.1, -0.05) is 13.0 Å². The first kappa shape index (κ1) is 18.9. The van der Waals surface area contributed by atoms with Crippen LogP contribution in [0.5, 0.6) is 5.75 Å². The molecule has 6 nitrogen and oxygen atoms in total. The molecule has 28 heavy (non-hydrogen) atoms. The van der Waals surface area contributed by atoms with Crippen molar-refractivity contribution in [3.63, 3.8) is 0 Å². The summed E-state index contributed by atoms with van der Waals surface area (Å²) in [6.07, 6.45) is 3.02. The summed E-state index contributed by atoms with van der Waals surface area (Å²) in [5, 5.41) is 0. The highest BCUT2D eigenvalue weighted by atomic mass is 16.5. The third-order valence-electron chi connectivity index (χ3n) is 5.25. The second-order valence-electron chi connectivity index (χ2n) is 7.74. The molecule has 2 aromatic rings. The largest absolute Gasteiger partial charge is 0.491 e. The molecule has 148 valence electrons. The van der Waals surface area contributed by atoms with E-state index in [-0.39, 0.29) is 6.10 Å². The number of rotatable bonds is 6. The quantitative estimate of drug-likeness (QED) is 0.772. The van der Waals surface area contributed by atoms with E-state index in [0.29, 0.717) is 6.54 Å². The molecule has 0 bridgehead atoms. The lowest BCUT2D eigenvalue weighted by molar-refractivity contribution is 0.242. The summed E-state index contributed by atoms with van der Waals surface area (Å²) in [6, 6.07) is 8.31. The molecule has 6 heteroatoms. The Morgan fingerprint density at radius 2 is 1.89 bits per heavy atom. The van der Waals surface area contributed by atoms with Crippen LogP contribution in [0.15, 0.2) is 35.6 Å². The van der Waals surface area contributed by atoms with Crippen LogP contribution in [0.1, 0.15) is 44.0 Å². The Morgan fingerprint density at radius 1 is 1.07 bits per heavy atom. The number of fused-ring (bicyclic) bond motifs is 1. The van der Waals surface area contributed by atoms with Gasteiger partial charge in [-0.2, -0.15) is 0 Å². The molecule has 0 N–H and O–H groups in total. The zero-order valence-electron chi connectivity index (χ0n) is 17.1. The van der Waals surface area contributed by atoms with Crippen LogP contribution in [0.25, 0.3) is 0 Å². The number of anilines is 1. The summed E-state index contributed by atoms with van der Waals surface area (Å²) >= 11 is 0. The van der Waals surface area contributed by atoms with Gasteiger partial charge in [-0.3, -0.25) is 9.89 Å². The van der Waals surface area contributed by atoms with Crippen LogP contribution < -0.4 is 9.64 Å². The average molecular weight is 380 g/mol. The van der Waals surface area contributed by atoms with Gasteiger partial charge >= 0.3 is 0 Å². The second-order valence-corrected chi connectivity index (χ2v) is 7.74. The highest BCUT2D eigenvalue weighted by molar-refractivity contribution is 6.14. The number of nitrogens with zero attached hydrogens (tertiary/aromatic N) is 5. The first-order valence-electron chi connectivity index (χ1n) is 10.3. The predicted molar refractivity (Wildman–Crippen MR) is 113 cm³/mol. The Morgan fingerprint density at radius 3 is 2.64 bits per heavy atom. The van der Waals surface area contributed by atoms with Gasteiger partial charge in [0.15, 0.2) is 0 Å². The van der Waals surface area contributed by atoms with Crippen LogP contribution in [0.2, 0.25) is 0 Å². The summed E-state index contributed by atoms with van der Waals surface area (Å²) in [6.45, 7) is 12.4. The molecule has 1 saturated heterocycles. The van der Waals surface area contributed by atoms with Crippen LogP contribution in [-0.2, 0) is 6.54 Å². The summed E-state index contributed by atoms with van der Waals surface area (Å²) < 4.78 is 5.87. The second kappa shape index (κ2) is 8.27. The number of piperazine rings is 1. The van der Waals surface area contributed by atoms with E-state index in [0.717, 1.165) is 54.7 Å². The van der Waals surface area contributed by atoms with Crippen molar-refractivity contribution in [2.24, 2.45) is 4.99 Å². The molecule has 0 radical (unpaired) electrons. The van der Waals surface area contributed by atoms with E-state index in [1.807, 2.05) is 19.9 Å². The summed E-state index contributed by atoms with van der Waals surface area (Å²) in [4.78, 5) is 18.7. The highest BCUT2D eigenvalue weighted by Gasteiger charge is 2.22. The third kappa shape index (κ3) is 4.02. The number of hydrogen-bond acceptors (Lipinski definition) is 6. The SMILES string of the molecule is CCCN1CCN(c2cc(C3=NCc4ccc(OC(C)C)cc43)ncn2)CC1. The lowest BCUT2D eigenvalue weighted by atomic mass is 10.0. The Labute approximate surface area is 167 Å². The van der Waals surface area contributed by atoms with Gasteiger partial charge in [0.05, 0.1) is 24.1 Å². The molecule has 1 fully saturated rings. The minimum atomic E-state index is 0.150. The molecular formula is C22H29N5O. The summed E-state index contributed by atoms with van der Waals surface area (Å²) in [7, 11) is 0. The van der Waals surface area contributed by atoms with Crippen LogP contribution in [0, 0.1) is 0 Å². The number of aromatic nitrogens is 2. The van der Waals surface area contributed by atoms with Crippen molar-refractivity contribution < 1.29 is 4.74 Å². The molecule has 0 amide bonds. The maximum Gasteiger partial charge on any atom is 0.132 e. The number of aliphatic imine (C=N–C) groups is 1. The molecule has 4 rings (SSSR count). The smallest absolute Gasteiger partial charge is 0.132 e. The van der Waals surface area contributed by atoms with Crippen molar-refractivity contribution in [3.8, 4) is 5.75 Å². The van der Waals surface area contributed by atoms with Gasteiger partial charge in [-0.25, -0.2) is 9.97 Å². The van der Waals surface area contributed by atoms with Crippen molar-refractivity contribution in [2.45, 2.75) is 39.8 Å². The number of ether oxygens (including phenoxy) is 1. The predicted octanol–water partition coefficient (Wildman–Crippen LogP) is 3.15. The van der Waals surface area contributed by atoms with Gasteiger partial charge in [0.1, 0.15) is 17.9 Å². The van der Waals surface area contributed by atoms with Crippen LogP contribution in [0.4, 0.5) is 5.82 Å². The zero-order valence-corrected chi connectivity index (χ0v) is 17.1. The maximum atomic E-state index is 5.87. The molecule has 0 unspecified atom stereocenters. The fourth-order valence-corrected chi connectivity index (χ4v) is 3.89. The Bertz CT molecular complexity index is 856. The van der Waals surface area contributed by atoms with E-state index in [2.05, 4.69) is 44.9 Å². The van der Waals surface area contributed by atoms with E-state index in [9.17, 15) is 0 Å². The summed E-state index contributed by atoms with van der Waals surface area (Å²) in [5.41, 5.74) is 4.17. The highest BCUT2D eigenvalue weighted by Crippen LogP contribution is 2.28. The van der Waals surface area contributed by atoms with Gasteiger partial charge in [-0.15, -0.1) is 0 Å². The maximum absolute atomic E-state index is 5.87. The first-order chi connectivity index (χ1) is 13.6. The minimum Gasteiger partial charge on any atom is -0.491 e. The van der Waals surface area contributed by atoms with E-state index in [4.69, 9.17) is 9.73 Å². The van der Waals surface area contributed by atoms with Gasteiger partial charge in [0.25, 0.3) is 0 Å². The summed E-state index contributed by atoms with van der Waals surface area (Å²) in [5.74, 6) is 1.87. The molecule has 0 saturated carbocycles. The average Bonchev–Trinajstić information content (AvgIpc) is 3.12. The number of benzene rings is 1. The zero-order chi connectivity index (χ0) is 19.5. The Balaban J connectivity index is 1.54. The Kier molecular flexibility index (Phi) is 5.57. The monoisotopic (exact) mass is 379 g/mol. The molecule has 1 aromatic carbocycles. The topological polar surface area (TPSA) is 53.9 Å². The van der Waals surface area contributed by atoms with Gasteiger partial charge in [-0.05, 0) is 44.5 Å². The molecule has 3 heterocycles. The normalized spacial score (nSPS) is 17.0. The lowest BCUT2D eigenvalue weighted by Crippen LogP contribution is -2.46. The molecule has 0 spiro atoms. The molecule has 0 atom stereocenters. The van der Waals surface area contributed by atoms with Crippen LogP contribution >= 0.6 is 0 Å². The van der Waals surface area contributed by atoms with E-state index in [1.165, 1.54) is 18.5 Å². The Hall–Kier alpha value is -2.47. The first-order valence-corrected chi connectivity index (χ1v) is 10.3. The van der Waals surface area contributed by atoms with Gasteiger partial charge in [0, 0.05) is 37.8 Å². The number of hydrogen-bond donors (Lipinski definition) is 0. The fraction of sp³-hybridized carbons (Fsp3) is 0.500. The van der Waals surface area contributed by atoms with Crippen LogP contribution in [0.3, 0.4) is 0 Å². The molecular weight excluding hydrogens is 350 g/mol. The lowest BCUT2D eigenvalue weighted by Gasteiger charge is -2.35. The van der Waals surface area contributed by atoms with Crippen molar-refractivity contribution in [2.75, 3.05) is 37.6 Å². The van der Waals surface area contributed by atoms with Crippen molar-refractivity contribution in [3.05, 3.63) is 47.4 Å². The minimum absolute atomic E-state index is 0.150. The van der Waals surface area contributed by atoms with E-state index in [1.54, 1.807) is 6.33 Å². The van der Waals surface area contributed by atoms with E-state index < -0.39 is 0 Å². The molecule has 2 aliphatic heterocycles. The molecule has 0 aliphatic carbocycles. The third-order valence-corrected chi connectivity index (χ3v) is 5.25. The molecule has 2 aliphatic rings. The van der Waals surface area contributed by atoms with Crippen LogP contribution in [-0.4, -0.2) is 59.4 Å². The standard InChI is InChI=1S/C22H29N5O/c1-4-7-26-8-10-27(11-9-26)21-13-20(24-15-25-21)22-19-12-18(28-16(2)3)6-5-17(19)14-23-22/h5-6,12-13,15-16H,4,7-11,14H2,1-3H3. The van der Waals surface area contributed by atoms with E-state index >= 15 is 0 Å².